The molecule has 7 heteroatoms. The molecule has 0 aliphatic carbocycles. The number of likely N-dealkylation sites (tertiary alicyclic amines) is 1. The average molecular weight is 464 g/mol. The zero-order valence-electron chi connectivity index (χ0n) is 19.9. The van der Waals surface area contributed by atoms with E-state index in [0.29, 0.717) is 29.5 Å². The first kappa shape index (κ1) is 23.8. The number of esters is 1. The van der Waals surface area contributed by atoms with E-state index < -0.39 is 12.0 Å². The molecule has 0 spiro atoms. The SMILES string of the molecule is CCOC(=O)C1=C(CN2CCC(Cc3ccccc3)CC2)NC(=O)NC1c1ccc(OC)cc1. The van der Waals surface area contributed by atoms with Crippen LogP contribution in [0.5, 0.6) is 5.75 Å². The highest BCUT2D eigenvalue weighted by Crippen LogP contribution is 2.30. The first-order chi connectivity index (χ1) is 16.6. The van der Waals surface area contributed by atoms with Gasteiger partial charge in [0.25, 0.3) is 0 Å². The summed E-state index contributed by atoms with van der Waals surface area (Å²) in [6.45, 7) is 4.41. The van der Waals surface area contributed by atoms with Crippen molar-refractivity contribution in [2.24, 2.45) is 5.92 Å². The second kappa shape index (κ2) is 11.2. The van der Waals surface area contributed by atoms with Gasteiger partial charge in [-0.25, -0.2) is 9.59 Å². The summed E-state index contributed by atoms with van der Waals surface area (Å²) in [6, 6.07) is 17.1. The number of nitrogens with zero attached hydrogens (tertiary/aromatic N) is 1. The highest BCUT2D eigenvalue weighted by atomic mass is 16.5. The van der Waals surface area contributed by atoms with Gasteiger partial charge in [0.15, 0.2) is 0 Å². The van der Waals surface area contributed by atoms with Crippen LogP contribution < -0.4 is 15.4 Å². The molecule has 0 saturated carbocycles. The van der Waals surface area contributed by atoms with Gasteiger partial charge in [0.05, 0.1) is 25.3 Å². The normalized spacial score (nSPS) is 19.4. The first-order valence-electron chi connectivity index (χ1n) is 11.9. The van der Waals surface area contributed by atoms with E-state index in [1.807, 2.05) is 30.3 Å². The lowest BCUT2D eigenvalue weighted by Crippen LogP contribution is -2.49. The van der Waals surface area contributed by atoms with Crippen molar-refractivity contribution in [1.82, 2.24) is 15.5 Å². The highest BCUT2D eigenvalue weighted by Gasteiger charge is 2.34. The van der Waals surface area contributed by atoms with E-state index in [1.165, 1.54) is 5.56 Å². The maximum Gasteiger partial charge on any atom is 0.338 e. The van der Waals surface area contributed by atoms with Crippen LogP contribution in [-0.4, -0.2) is 50.3 Å². The number of amides is 2. The third-order valence-electron chi connectivity index (χ3n) is 6.55. The fraction of sp³-hybridized carbons (Fsp3) is 0.407. The number of urea groups is 1. The Kier molecular flexibility index (Phi) is 7.85. The van der Waals surface area contributed by atoms with E-state index in [2.05, 4.69) is 39.8 Å². The number of rotatable bonds is 8. The Hall–Kier alpha value is -3.32. The predicted octanol–water partition coefficient (Wildman–Crippen LogP) is 3.82. The van der Waals surface area contributed by atoms with Crippen LogP contribution in [-0.2, 0) is 16.0 Å². The molecule has 180 valence electrons. The van der Waals surface area contributed by atoms with E-state index in [1.54, 1.807) is 14.0 Å². The van der Waals surface area contributed by atoms with Gasteiger partial charge in [-0.05, 0) is 68.5 Å². The van der Waals surface area contributed by atoms with E-state index in [9.17, 15) is 9.59 Å². The second-order valence-electron chi connectivity index (χ2n) is 8.83. The van der Waals surface area contributed by atoms with E-state index in [0.717, 1.165) is 37.9 Å². The number of hydrogen-bond donors (Lipinski definition) is 2. The van der Waals surface area contributed by atoms with Crippen LogP contribution in [0.2, 0.25) is 0 Å². The summed E-state index contributed by atoms with van der Waals surface area (Å²) in [6.07, 6.45) is 3.27. The van der Waals surface area contributed by atoms with Crippen molar-refractivity contribution >= 4 is 12.0 Å². The molecular formula is C27H33N3O4. The second-order valence-corrected chi connectivity index (χ2v) is 8.83. The van der Waals surface area contributed by atoms with Gasteiger partial charge < -0.3 is 20.1 Å². The number of nitrogens with one attached hydrogen (secondary N) is 2. The number of ether oxygens (including phenoxy) is 2. The van der Waals surface area contributed by atoms with Gasteiger partial charge in [0.1, 0.15) is 5.75 Å². The Morgan fingerprint density at radius 2 is 1.76 bits per heavy atom. The standard InChI is InChI=1S/C27H33N3O4/c1-3-34-26(31)24-23(28-27(32)29-25(24)21-9-11-22(33-2)12-10-21)18-30-15-13-20(14-16-30)17-19-7-5-4-6-8-19/h4-12,20,25H,3,13-18H2,1-2H3,(H2,28,29,32). The smallest absolute Gasteiger partial charge is 0.338 e. The molecule has 34 heavy (non-hydrogen) atoms. The van der Waals surface area contributed by atoms with E-state index in [-0.39, 0.29) is 12.6 Å². The Labute approximate surface area is 201 Å². The summed E-state index contributed by atoms with van der Waals surface area (Å²) in [4.78, 5) is 27.9. The van der Waals surface area contributed by atoms with Crippen molar-refractivity contribution in [3.63, 3.8) is 0 Å². The van der Waals surface area contributed by atoms with E-state index in [4.69, 9.17) is 9.47 Å². The monoisotopic (exact) mass is 463 g/mol. The summed E-state index contributed by atoms with van der Waals surface area (Å²) in [5, 5.41) is 5.78. The molecule has 4 rings (SSSR count). The molecule has 1 fully saturated rings. The van der Waals surface area contributed by atoms with Crippen molar-refractivity contribution in [2.45, 2.75) is 32.2 Å². The quantitative estimate of drug-likeness (QED) is 0.582. The van der Waals surface area contributed by atoms with Gasteiger partial charge >= 0.3 is 12.0 Å². The summed E-state index contributed by atoms with van der Waals surface area (Å²) in [5.74, 6) is 0.945. The van der Waals surface area contributed by atoms with Crippen LogP contribution in [0.25, 0.3) is 0 Å². The minimum atomic E-state index is -0.579. The third kappa shape index (κ3) is 5.78. The lowest BCUT2D eigenvalue weighted by molar-refractivity contribution is -0.139. The minimum Gasteiger partial charge on any atom is -0.497 e. The molecular weight excluding hydrogens is 430 g/mol. The van der Waals surface area contributed by atoms with E-state index >= 15 is 0 Å². The Morgan fingerprint density at radius 1 is 1.06 bits per heavy atom. The first-order valence-corrected chi connectivity index (χ1v) is 11.9. The number of hydrogen-bond acceptors (Lipinski definition) is 5. The molecule has 0 radical (unpaired) electrons. The number of carbonyl (C=O) groups is 2. The molecule has 7 nitrogen and oxygen atoms in total. The fourth-order valence-corrected chi connectivity index (χ4v) is 4.76. The summed E-state index contributed by atoms with van der Waals surface area (Å²) >= 11 is 0. The van der Waals surface area contributed by atoms with Crippen molar-refractivity contribution < 1.29 is 19.1 Å². The van der Waals surface area contributed by atoms with Gasteiger partial charge in [-0.2, -0.15) is 0 Å². The van der Waals surface area contributed by atoms with Crippen LogP contribution in [0.4, 0.5) is 4.79 Å². The molecule has 1 atom stereocenters. The molecule has 2 N–H and O–H groups in total. The minimum absolute atomic E-state index is 0.268. The van der Waals surface area contributed by atoms with Crippen LogP contribution in [0.1, 0.15) is 36.9 Å². The van der Waals surface area contributed by atoms with Crippen molar-refractivity contribution in [2.75, 3.05) is 33.4 Å². The van der Waals surface area contributed by atoms with Crippen molar-refractivity contribution in [3.05, 3.63) is 77.0 Å². The van der Waals surface area contributed by atoms with Crippen molar-refractivity contribution in [1.29, 1.82) is 0 Å². The molecule has 0 bridgehead atoms. The molecule has 0 aromatic heterocycles. The Balaban J connectivity index is 1.51. The van der Waals surface area contributed by atoms with Crippen molar-refractivity contribution in [3.8, 4) is 5.75 Å². The molecule has 2 aromatic carbocycles. The fourth-order valence-electron chi connectivity index (χ4n) is 4.76. The number of methoxy groups -OCH3 is 1. The average Bonchev–Trinajstić information content (AvgIpc) is 2.86. The van der Waals surface area contributed by atoms with Gasteiger partial charge in [0.2, 0.25) is 0 Å². The van der Waals surface area contributed by atoms with Gasteiger partial charge in [0, 0.05) is 12.2 Å². The summed E-state index contributed by atoms with van der Waals surface area (Å²) in [7, 11) is 1.60. The highest BCUT2D eigenvalue weighted by molar-refractivity contribution is 5.95. The maximum atomic E-state index is 13.0. The Morgan fingerprint density at radius 3 is 2.41 bits per heavy atom. The summed E-state index contributed by atoms with van der Waals surface area (Å²) in [5.41, 5.74) is 3.25. The van der Waals surface area contributed by atoms with Crippen LogP contribution in [0.3, 0.4) is 0 Å². The van der Waals surface area contributed by atoms with Crippen LogP contribution in [0, 0.1) is 5.92 Å². The van der Waals surface area contributed by atoms with Crippen LogP contribution >= 0.6 is 0 Å². The zero-order chi connectivity index (χ0) is 23.9. The summed E-state index contributed by atoms with van der Waals surface area (Å²) < 4.78 is 10.6. The molecule has 2 heterocycles. The Bertz CT molecular complexity index is 1010. The molecule has 2 amide bonds. The van der Waals surface area contributed by atoms with Gasteiger partial charge in [-0.3, -0.25) is 4.90 Å². The molecule has 2 aromatic rings. The molecule has 1 saturated heterocycles. The topological polar surface area (TPSA) is 79.9 Å². The lowest BCUT2D eigenvalue weighted by atomic mass is 9.89. The number of piperidine rings is 1. The number of carbonyl (C=O) groups excluding carboxylic acids is 2. The largest absolute Gasteiger partial charge is 0.497 e. The molecule has 2 aliphatic rings. The zero-order valence-corrected chi connectivity index (χ0v) is 19.9. The van der Waals surface area contributed by atoms with Crippen LogP contribution in [0.15, 0.2) is 65.9 Å². The predicted molar refractivity (Wildman–Crippen MR) is 130 cm³/mol. The van der Waals surface area contributed by atoms with Gasteiger partial charge in [-0.1, -0.05) is 42.5 Å². The number of benzene rings is 2. The lowest BCUT2D eigenvalue weighted by Gasteiger charge is -2.35. The molecule has 1 unspecified atom stereocenters. The molecule has 2 aliphatic heterocycles. The third-order valence-corrected chi connectivity index (χ3v) is 6.55. The maximum absolute atomic E-state index is 13.0. The van der Waals surface area contributed by atoms with Gasteiger partial charge in [-0.15, -0.1) is 0 Å².